The fraction of sp³-hybridized carbons (Fsp3) is 0.538. The number of aryl methyl sites for hydroxylation is 2. The first-order valence-corrected chi connectivity index (χ1v) is 5.37. The molecule has 14 heavy (non-hydrogen) atoms. The Morgan fingerprint density at radius 1 is 1.14 bits per heavy atom. The van der Waals surface area contributed by atoms with Gasteiger partial charge in [-0.3, -0.25) is 0 Å². The molecular formula is C13H19N. The molecule has 0 aromatic heterocycles. The van der Waals surface area contributed by atoms with Crippen molar-refractivity contribution in [3.05, 3.63) is 28.8 Å². The van der Waals surface area contributed by atoms with E-state index in [0.29, 0.717) is 5.41 Å². The Bertz CT molecular complexity index is 364. The molecule has 2 rings (SSSR count). The van der Waals surface area contributed by atoms with Crippen LogP contribution in [0.1, 0.15) is 37.0 Å². The summed E-state index contributed by atoms with van der Waals surface area (Å²) in [6.45, 7) is 10.2. The fourth-order valence-electron chi connectivity index (χ4n) is 2.54. The van der Waals surface area contributed by atoms with Crippen LogP contribution >= 0.6 is 0 Å². The highest BCUT2D eigenvalue weighted by Crippen LogP contribution is 2.40. The molecule has 1 aliphatic heterocycles. The Balaban J connectivity index is 2.67. The highest BCUT2D eigenvalue weighted by molar-refractivity contribution is 5.64. The summed E-state index contributed by atoms with van der Waals surface area (Å²) in [5.74, 6) is 0. The predicted molar refractivity (Wildman–Crippen MR) is 62.0 cm³/mol. The number of fused-ring (bicyclic) bond motifs is 1. The number of nitrogens with one attached hydrogen (secondary N) is 1. The average molecular weight is 189 g/mol. The van der Waals surface area contributed by atoms with Crippen molar-refractivity contribution in [2.75, 3.05) is 11.9 Å². The molecule has 0 atom stereocenters. The molecule has 1 nitrogen and oxygen atoms in total. The molecule has 1 aromatic rings. The number of rotatable bonds is 0. The third kappa shape index (κ3) is 1.31. The maximum absolute atomic E-state index is 3.53. The Labute approximate surface area is 86.5 Å². The van der Waals surface area contributed by atoms with Crippen molar-refractivity contribution in [2.24, 2.45) is 0 Å². The molecule has 0 unspecified atom stereocenters. The Kier molecular flexibility index (Phi) is 2.06. The molecule has 0 saturated heterocycles. The van der Waals surface area contributed by atoms with E-state index in [4.69, 9.17) is 0 Å². The average Bonchev–Trinajstić information content (AvgIpc) is 2.10. The highest BCUT2D eigenvalue weighted by Gasteiger charge is 2.29. The van der Waals surface area contributed by atoms with Gasteiger partial charge in [0.25, 0.3) is 0 Å². The zero-order valence-corrected chi connectivity index (χ0v) is 9.57. The second kappa shape index (κ2) is 3.01. The van der Waals surface area contributed by atoms with Gasteiger partial charge in [-0.2, -0.15) is 0 Å². The van der Waals surface area contributed by atoms with Crippen LogP contribution in [0.5, 0.6) is 0 Å². The summed E-state index contributed by atoms with van der Waals surface area (Å²) >= 11 is 0. The first-order valence-electron chi connectivity index (χ1n) is 5.37. The van der Waals surface area contributed by atoms with Crippen LogP contribution in [-0.2, 0) is 5.41 Å². The molecular weight excluding hydrogens is 170 g/mol. The quantitative estimate of drug-likeness (QED) is 0.659. The lowest BCUT2D eigenvalue weighted by molar-refractivity contribution is 0.478. The van der Waals surface area contributed by atoms with Crippen LogP contribution in [0.25, 0.3) is 0 Å². The lowest BCUT2D eigenvalue weighted by Gasteiger charge is -2.35. The van der Waals surface area contributed by atoms with E-state index in [1.807, 2.05) is 0 Å². The Hall–Kier alpha value is -0.980. The molecule has 1 N–H and O–H groups in total. The van der Waals surface area contributed by atoms with Crippen molar-refractivity contribution >= 4 is 5.69 Å². The fourth-order valence-corrected chi connectivity index (χ4v) is 2.54. The number of hydrogen-bond donors (Lipinski definition) is 1. The first-order chi connectivity index (χ1) is 6.52. The lowest BCUT2D eigenvalue weighted by atomic mass is 9.75. The smallest absolute Gasteiger partial charge is 0.0410 e. The van der Waals surface area contributed by atoms with Gasteiger partial charge in [0.1, 0.15) is 0 Å². The molecule has 1 heteroatoms. The van der Waals surface area contributed by atoms with Crippen molar-refractivity contribution in [2.45, 2.75) is 39.5 Å². The van der Waals surface area contributed by atoms with Gasteiger partial charge in [-0.05, 0) is 42.4 Å². The van der Waals surface area contributed by atoms with Gasteiger partial charge >= 0.3 is 0 Å². The van der Waals surface area contributed by atoms with E-state index in [0.717, 1.165) is 6.54 Å². The summed E-state index contributed by atoms with van der Waals surface area (Å²) in [5, 5.41) is 3.53. The van der Waals surface area contributed by atoms with Crippen LogP contribution in [0.4, 0.5) is 5.69 Å². The van der Waals surface area contributed by atoms with E-state index in [1.54, 1.807) is 0 Å². The van der Waals surface area contributed by atoms with Crippen LogP contribution < -0.4 is 5.32 Å². The first kappa shape index (κ1) is 9.57. The van der Waals surface area contributed by atoms with Gasteiger partial charge in [0, 0.05) is 12.2 Å². The molecule has 0 saturated carbocycles. The van der Waals surface area contributed by atoms with E-state index in [1.165, 1.54) is 28.8 Å². The molecule has 0 fully saturated rings. The van der Waals surface area contributed by atoms with E-state index >= 15 is 0 Å². The van der Waals surface area contributed by atoms with E-state index in [9.17, 15) is 0 Å². The van der Waals surface area contributed by atoms with Crippen LogP contribution in [-0.4, -0.2) is 6.54 Å². The van der Waals surface area contributed by atoms with Gasteiger partial charge in [0.15, 0.2) is 0 Å². The molecule has 1 aliphatic rings. The monoisotopic (exact) mass is 189 g/mol. The van der Waals surface area contributed by atoms with Crippen LogP contribution in [0.2, 0.25) is 0 Å². The summed E-state index contributed by atoms with van der Waals surface area (Å²) in [7, 11) is 0. The van der Waals surface area contributed by atoms with E-state index < -0.39 is 0 Å². The molecule has 0 bridgehead atoms. The molecule has 0 amide bonds. The zero-order valence-electron chi connectivity index (χ0n) is 9.57. The van der Waals surface area contributed by atoms with E-state index in [2.05, 4.69) is 45.1 Å². The van der Waals surface area contributed by atoms with Crippen molar-refractivity contribution in [1.29, 1.82) is 0 Å². The topological polar surface area (TPSA) is 12.0 Å². The van der Waals surface area contributed by atoms with Gasteiger partial charge in [-0.25, -0.2) is 0 Å². The normalized spacial score (nSPS) is 18.6. The molecule has 0 spiro atoms. The van der Waals surface area contributed by atoms with Gasteiger partial charge in [-0.1, -0.05) is 26.0 Å². The molecule has 76 valence electrons. The highest BCUT2D eigenvalue weighted by atomic mass is 14.9. The summed E-state index contributed by atoms with van der Waals surface area (Å²) in [5.41, 5.74) is 6.02. The maximum atomic E-state index is 3.53. The summed E-state index contributed by atoms with van der Waals surface area (Å²) in [6, 6.07) is 4.45. The maximum Gasteiger partial charge on any atom is 0.0410 e. The Morgan fingerprint density at radius 2 is 1.79 bits per heavy atom. The molecule has 0 aliphatic carbocycles. The second-order valence-electron chi connectivity index (χ2n) is 5.01. The summed E-state index contributed by atoms with van der Waals surface area (Å²) < 4.78 is 0. The minimum Gasteiger partial charge on any atom is -0.385 e. The Morgan fingerprint density at radius 3 is 2.43 bits per heavy atom. The summed E-state index contributed by atoms with van der Waals surface area (Å²) in [6.07, 6.45) is 1.23. The number of hydrogen-bond acceptors (Lipinski definition) is 1. The predicted octanol–water partition coefficient (Wildman–Crippen LogP) is 3.40. The van der Waals surface area contributed by atoms with Gasteiger partial charge < -0.3 is 5.32 Å². The summed E-state index contributed by atoms with van der Waals surface area (Å²) in [4.78, 5) is 0. The van der Waals surface area contributed by atoms with Gasteiger partial charge in [0.2, 0.25) is 0 Å². The van der Waals surface area contributed by atoms with Crippen LogP contribution in [0.3, 0.4) is 0 Å². The standard InChI is InChI=1S/C13H19N/c1-9-5-6-10(2)12-11(9)13(3,4)7-8-14-12/h5-6,14H,7-8H2,1-4H3. The minimum absolute atomic E-state index is 0.330. The van der Waals surface area contributed by atoms with E-state index in [-0.39, 0.29) is 0 Å². The molecule has 1 heterocycles. The van der Waals surface area contributed by atoms with Gasteiger partial charge in [-0.15, -0.1) is 0 Å². The minimum atomic E-state index is 0.330. The third-order valence-corrected chi connectivity index (χ3v) is 3.35. The number of benzene rings is 1. The van der Waals surface area contributed by atoms with Crippen molar-refractivity contribution in [3.63, 3.8) is 0 Å². The SMILES string of the molecule is Cc1ccc(C)c2c1NCCC2(C)C. The van der Waals surface area contributed by atoms with Crippen LogP contribution in [0, 0.1) is 13.8 Å². The number of anilines is 1. The van der Waals surface area contributed by atoms with Crippen molar-refractivity contribution in [1.82, 2.24) is 0 Å². The molecule has 0 radical (unpaired) electrons. The largest absolute Gasteiger partial charge is 0.385 e. The van der Waals surface area contributed by atoms with Crippen molar-refractivity contribution < 1.29 is 0 Å². The van der Waals surface area contributed by atoms with Gasteiger partial charge in [0.05, 0.1) is 0 Å². The second-order valence-corrected chi connectivity index (χ2v) is 5.01. The lowest BCUT2D eigenvalue weighted by Crippen LogP contribution is -2.29. The molecule has 1 aromatic carbocycles. The van der Waals surface area contributed by atoms with Crippen LogP contribution in [0.15, 0.2) is 12.1 Å². The van der Waals surface area contributed by atoms with Crippen molar-refractivity contribution in [3.8, 4) is 0 Å². The zero-order chi connectivity index (χ0) is 10.3. The third-order valence-electron chi connectivity index (χ3n) is 3.35.